The zero-order chi connectivity index (χ0) is 17.1. The molecule has 2 aromatic rings. The summed E-state index contributed by atoms with van der Waals surface area (Å²) in [6.07, 6.45) is 4.23. The van der Waals surface area contributed by atoms with Gasteiger partial charge in [-0.1, -0.05) is 24.3 Å². The largest absolute Gasteiger partial charge is 0.480 e. The van der Waals surface area contributed by atoms with Crippen LogP contribution in [-0.2, 0) is 11.2 Å². The minimum atomic E-state index is -0.654. The summed E-state index contributed by atoms with van der Waals surface area (Å²) in [5, 5.41) is 2.83. The molecule has 0 saturated carbocycles. The molecule has 2 amide bonds. The second kappa shape index (κ2) is 6.70. The highest BCUT2D eigenvalue weighted by atomic mass is 16.5. The summed E-state index contributed by atoms with van der Waals surface area (Å²) in [6.45, 7) is 0. The quantitative estimate of drug-likeness (QED) is 0.901. The van der Waals surface area contributed by atoms with Gasteiger partial charge in [-0.3, -0.25) is 9.59 Å². The maximum atomic E-state index is 12.7. The van der Waals surface area contributed by atoms with E-state index in [0.717, 1.165) is 24.8 Å². The predicted octanol–water partition coefficient (Wildman–Crippen LogP) is 2.25. The van der Waals surface area contributed by atoms with Crippen LogP contribution < -0.4 is 15.8 Å². The van der Waals surface area contributed by atoms with Gasteiger partial charge in [0.15, 0.2) is 0 Å². The van der Waals surface area contributed by atoms with Crippen molar-refractivity contribution in [3.63, 3.8) is 0 Å². The molecule has 3 N–H and O–H groups in total. The molecule has 0 unspecified atom stereocenters. The van der Waals surface area contributed by atoms with Crippen molar-refractivity contribution < 1.29 is 14.3 Å². The maximum absolute atomic E-state index is 12.7. The summed E-state index contributed by atoms with van der Waals surface area (Å²) < 4.78 is 5.00. The number of benzene rings is 1. The van der Waals surface area contributed by atoms with Gasteiger partial charge >= 0.3 is 0 Å². The van der Waals surface area contributed by atoms with Gasteiger partial charge in [-0.05, 0) is 36.5 Å². The summed E-state index contributed by atoms with van der Waals surface area (Å²) in [7, 11) is 1.41. The van der Waals surface area contributed by atoms with E-state index in [0.29, 0.717) is 5.69 Å². The van der Waals surface area contributed by atoms with Crippen molar-refractivity contribution >= 4 is 17.5 Å². The Kier molecular flexibility index (Phi) is 4.46. The molecule has 3 rings (SSSR count). The number of primary amides is 1. The van der Waals surface area contributed by atoms with Gasteiger partial charge in [-0.2, -0.15) is 0 Å². The molecule has 1 aromatic heterocycles. The van der Waals surface area contributed by atoms with Gasteiger partial charge in [-0.25, -0.2) is 4.98 Å². The molecule has 0 radical (unpaired) electrons. The SMILES string of the molecule is COc1ncc(NC(=O)[C@@H]2CCCc3ccccc32)cc1C(N)=O. The zero-order valence-corrected chi connectivity index (χ0v) is 13.4. The van der Waals surface area contributed by atoms with Crippen molar-refractivity contribution in [3.05, 3.63) is 53.2 Å². The number of pyridine rings is 1. The molecule has 1 atom stereocenters. The second-order valence-electron chi connectivity index (χ2n) is 5.78. The molecule has 6 heteroatoms. The standard InChI is InChI=1S/C18H19N3O3/c1-24-18-15(16(19)22)9-12(10-20-18)21-17(23)14-8-4-6-11-5-2-3-7-13(11)14/h2-3,5,7,9-10,14H,4,6,8H2,1H3,(H2,19,22)(H,21,23)/t14-/m1/s1. The topological polar surface area (TPSA) is 94.3 Å². The molecule has 6 nitrogen and oxygen atoms in total. The Hall–Kier alpha value is -2.89. The van der Waals surface area contributed by atoms with Gasteiger partial charge in [0.25, 0.3) is 5.91 Å². The first-order valence-corrected chi connectivity index (χ1v) is 7.82. The van der Waals surface area contributed by atoms with Crippen LogP contribution >= 0.6 is 0 Å². The van der Waals surface area contributed by atoms with E-state index in [1.807, 2.05) is 18.2 Å². The molecular formula is C18H19N3O3. The number of ether oxygens (including phenoxy) is 1. The third kappa shape index (κ3) is 3.08. The molecule has 1 heterocycles. The number of fused-ring (bicyclic) bond motifs is 1. The highest BCUT2D eigenvalue weighted by Gasteiger charge is 2.26. The molecule has 0 fully saturated rings. The molecule has 24 heavy (non-hydrogen) atoms. The van der Waals surface area contributed by atoms with E-state index in [4.69, 9.17) is 10.5 Å². The number of anilines is 1. The van der Waals surface area contributed by atoms with Crippen LogP contribution in [0, 0.1) is 0 Å². The van der Waals surface area contributed by atoms with E-state index in [1.54, 1.807) is 0 Å². The number of nitrogens with one attached hydrogen (secondary N) is 1. The van der Waals surface area contributed by atoms with Gasteiger partial charge in [-0.15, -0.1) is 0 Å². The Balaban J connectivity index is 1.83. The highest BCUT2D eigenvalue weighted by Crippen LogP contribution is 2.32. The summed E-state index contributed by atoms with van der Waals surface area (Å²) in [4.78, 5) is 28.2. The first-order chi connectivity index (χ1) is 11.6. The average molecular weight is 325 g/mol. The number of aryl methyl sites for hydroxylation is 1. The number of rotatable bonds is 4. The van der Waals surface area contributed by atoms with Gasteiger partial charge in [0.05, 0.1) is 24.9 Å². The van der Waals surface area contributed by atoms with Crippen LogP contribution in [0.5, 0.6) is 5.88 Å². The smallest absolute Gasteiger partial charge is 0.254 e. The Morgan fingerprint density at radius 1 is 1.33 bits per heavy atom. The van der Waals surface area contributed by atoms with E-state index >= 15 is 0 Å². The van der Waals surface area contributed by atoms with E-state index in [1.165, 1.54) is 24.9 Å². The zero-order valence-electron chi connectivity index (χ0n) is 13.4. The number of aromatic nitrogens is 1. The van der Waals surface area contributed by atoms with Crippen LogP contribution in [0.15, 0.2) is 36.5 Å². The minimum absolute atomic E-state index is 0.107. The van der Waals surface area contributed by atoms with Crippen LogP contribution in [0.3, 0.4) is 0 Å². The Morgan fingerprint density at radius 3 is 2.88 bits per heavy atom. The fraction of sp³-hybridized carbons (Fsp3) is 0.278. The predicted molar refractivity (Wildman–Crippen MR) is 90.1 cm³/mol. The molecule has 0 bridgehead atoms. The number of carbonyl (C=O) groups excluding carboxylic acids is 2. The van der Waals surface area contributed by atoms with Crippen LogP contribution in [-0.4, -0.2) is 23.9 Å². The number of hydrogen-bond donors (Lipinski definition) is 2. The van der Waals surface area contributed by atoms with Crippen LogP contribution in [0.25, 0.3) is 0 Å². The van der Waals surface area contributed by atoms with Crippen LogP contribution in [0.2, 0.25) is 0 Å². The van der Waals surface area contributed by atoms with Crippen molar-refractivity contribution in [2.24, 2.45) is 5.73 Å². The van der Waals surface area contributed by atoms with Gasteiger partial charge in [0.1, 0.15) is 5.56 Å². The molecule has 0 saturated heterocycles. The van der Waals surface area contributed by atoms with Crippen molar-refractivity contribution in [1.82, 2.24) is 4.98 Å². The normalized spacial score (nSPS) is 16.1. The summed E-state index contributed by atoms with van der Waals surface area (Å²) >= 11 is 0. The monoisotopic (exact) mass is 325 g/mol. The summed E-state index contributed by atoms with van der Waals surface area (Å²) in [5.74, 6) is -0.819. The number of nitrogens with two attached hydrogens (primary N) is 1. The van der Waals surface area contributed by atoms with E-state index in [-0.39, 0.29) is 23.3 Å². The van der Waals surface area contributed by atoms with Crippen LogP contribution in [0.4, 0.5) is 5.69 Å². The lowest BCUT2D eigenvalue weighted by Gasteiger charge is -2.24. The lowest BCUT2D eigenvalue weighted by atomic mass is 9.82. The molecule has 0 aliphatic heterocycles. The Labute approximate surface area is 140 Å². The van der Waals surface area contributed by atoms with Crippen LogP contribution in [0.1, 0.15) is 40.2 Å². The number of amides is 2. The van der Waals surface area contributed by atoms with Gasteiger partial charge < -0.3 is 15.8 Å². The summed E-state index contributed by atoms with van der Waals surface area (Å²) in [5.41, 5.74) is 8.18. The first kappa shape index (κ1) is 16.0. The first-order valence-electron chi connectivity index (χ1n) is 7.82. The number of nitrogens with zero attached hydrogens (tertiary/aromatic N) is 1. The lowest BCUT2D eigenvalue weighted by molar-refractivity contribution is -0.117. The molecule has 1 aromatic carbocycles. The van der Waals surface area contributed by atoms with Crippen molar-refractivity contribution in [1.29, 1.82) is 0 Å². The molecule has 124 valence electrons. The van der Waals surface area contributed by atoms with Crippen molar-refractivity contribution in [3.8, 4) is 5.88 Å². The van der Waals surface area contributed by atoms with Crippen molar-refractivity contribution in [2.75, 3.05) is 12.4 Å². The maximum Gasteiger partial charge on any atom is 0.254 e. The molecular weight excluding hydrogens is 306 g/mol. The highest BCUT2D eigenvalue weighted by molar-refractivity contribution is 5.99. The van der Waals surface area contributed by atoms with E-state index < -0.39 is 5.91 Å². The third-order valence-electron chi connectivity index (χ3n) is 4.26. The van der Waals surface area contributed by atoms with Gasteiger partial charge in [0, 0.05) is 0 Å². The van der Waals surface area contributed by atoms with Crippen molar-refractivity contribution in [2.45, 2.75) is 25.2 Å². The molecule has 1 aliphatic rings. The third-order valence-corrected chi connectivity index (χ3v) is 4.26. The summed E-state index contributed by atoms with van der Waals surface area (Å²) in [6, 6.07) is 9.49. The lowest BCUT2D eigenvalue weighted by Crippen LogP contribution is -2.25. The molecule has 0 spiro atoms. The van der Waals surface area contributed by atoms with E-state index in [2.05, 4.69) is 16.4 Å². The Bertz CT molecular complexity index is 789. The fourth-order valence-corrected chi connectivity index (χ4v) is 3.12. The number of carbonyl (C=O) groups is 2. The number of methoxy groups -OCH3 is 1. The van der Waals surface area contributed by atoms with E-state index in [9.17, 15) is 9.59 Å². The number of hydrogen-bond acceptors (Lipinski definition) is 4. The second-order valence-corrected chi connectivity index (χ2v) is 5.78. The van der Waals surface area contributed by atoms with Gasteiger partial charge in [0.2, 0.25) is 11.8 Å². The molecule has 1 aliphatic carbocycles. The minimum Gasteiger partial charge on any atom is -0.480 e. The Morgan fingerprint density at radius 2 is 2.12 bits per heavy atom. The fourth-order valence-electron chi connectivity index (χ4n) is 3.12. The average Bonchev–Trinajstić information content (AvgIpc) is 2.61.